The molecule has 0 fully saturated rings. The number of rotatable bonds is 8. The molecule has 2 rings (SSSR count). The molecule has 0 spiro atoms. The van der Waals surface area contributed by atoms with E-state index in [0.29, 0.717) is 12.3 Å². The Hall–Kier alpha value is -2.54. The van der Waals surface area contributed by atoms with E-state index in [1.807, 2.05) is 52.0 Å². The van der Waals surface area contributed by atoms with Crippen molar-refractivity contribution in [3.8, 4) is 5.75 Å². The molecule has 0 saturated carbocycles. The van der Waals surface area contributed by atoms with Crippen LogP contribution in [0.1, 0.15) is 29.2 Å². The molecular formula is C22H30N2O4S. The standard InChI is InChI=1S/C22H30N2O4S/c1-15-7-8-17(3)21(13-15)28-12-11-23-22(25)19(5)24(29(6,26)27)20-10-9-16(2)18(4)14-20/h7-10,13-14,19H,11-12H2,1-6H3,(H,23,25)/t19-/m0/s1. The van der Waals surface area contributed by atoms with E-state index in [0.717, 1.165) is 38.6 Å². The first-order valence-electron chi connectivity index (χ1n) is 9.55. The van der Waals surface area contributed by atoms with Gasteiger partial charge in [-0.3, -0.25) is 9.10 Å². The third-order valence-corrected chi connectivity index (χ3v) is 6.08. The van der Waals surface area contributed by atoms with E-state index in [2.05, 4.69) is 5.32 Å². The molecule has 1 amide bonds. The van der Waals surface area contributed by atoms with Crippen molar-refractivity contribution in [2.24, 2.45) is 0 Å². The maximum atomic E-state index is 12.6. The van der Waals surface area contributed by atoms with Crippen LogP contribution in [0.5, 0.6) is 5.75 Å². The second kappa shape index (κ2) is 9.31. The Bertz CT molecular complexity index is 986. The molecular weight excluding hydrogens is 388 g/mol. The van der Waals surface area contributed by atoms with Gasteiger partial charge < -0.3 is 10.1 Å². The summed E-state index contributed by atoms with van der Waals surface area (Å²) in [7, 11) is -3.63. The summed E-state index contributed by atoms with van der Waals surface area (Å²) in [5.41, 5.74) is 4.62. The Morgan fingerprint density at radius 3 is 2.31 bits per heavy atom. The summed E-state index contributed by atoms with van der Waals surface area (Å²) in [6.45, 7) is 9.97. The minimum Gasteiger partial charge on any atom is -0.491 e. The van der Waals surface area contributed by atoms with Crippen molar-refractivity contribution in [3.05, 3.63) is 58.7 Å². The third kappa shape index (κ3) is 5.97. The van der Waals surface area contributed by atoms with Crippen molar-refractivity contribution >= 4 is 21.6 Å². The van der Waals surface area contributed by atoms with Gasteiger partial charge >= 0.3 is 0 Å². The van der Waals surface area contributed by atoms with Gasteiger partial charge in [0.15, 0.2) is 0 Å². The first-order valence-corrected chi connectivity index (χ1v) is 11.4. The predicted octanol–water partition coefficient (Wildman–Crippen LogP) is 3.27. The van der Waals surface area contributed by atoms with Crippen molar-refractivity contribution in [3.63, 3.8) is 0 Å². The van der Waals surface area contributed by atoms with Crippen LogP contribution >= 0.6 is 0 Å². The van der Waals surface area contributed by atoms with E-state index < -0.39 is 16.1 Å². The minimum absolute atomic E-state index is 0.279. The number of nitrogens with zero attached hydrogens (tertiary/aromatic N) is 1. The molecule has 0 radical (unpaired) electrons. The number of nitrogens with one attached hydrogen (secondary N) is 1. The Morgan fingerprint density at radius 2 is 1.69 bits per heavy atom. The van der Waals surface area contributed by atoms with Gasteiger partial charge in [0, 0.05) is 0 Å². The van der Waals surface area contributed by atoms with E-state index in [-0.39, 0.29) is 12.5 Å². The molecule has 0 saturated heterocycles. The second-order valence-corrected chi connectivity index (χ2v) is 9.27. The summed E-state index contributed by atoms with van der Waals surface area (Å²) in [6.07, 6.45) is 1.11. The molecule has 0 unspecified atom stereocenters. The van der Waals surface area contributed by atoms with Gasteiger partial charge in [-0.2, -0.15) is 0 Å². The van der Waals surface area contributed by atoms with Gasteiger partial charge in [0.2, 0.25) is 15.9 Å². The number of carbonyl (C=O) groups excluding carboxylic acids is 1. The lowest BCUT2D eigenvalue weighted by Crippen LogP contribution is -2.48. The van der Waals surface area contributed by atoms with Gasteiger partial charge in [-0.15, -0.1) is 0 Å². The maximum Gasteiger partial charge on any atom is 0.243 e. The first kappa shape index (κ1) is 22.7. The zero-order chi connectivity index (χ0) is 21.8. The van der Waals surface area contributed by atoms with Crippen molar-refractivity contribution in [1.82, 2.24) is 5.32 Å². The molecule has 0 aliphatic heterocycles. The zero-order valence-electron chi connectivity index (χ0n) is 17.9. The second-order valence-electron chi connectivity index (χ2n) is 7.41. The van der Waals surface area contributed by atoms with Gasteiger partial charge in [0.05, 0.1) is 18.5 Å². The molecule has 158 valence electrons. The highest BCUT2D eigenvalue weighted by molar-refractivity contribution is 7.92. The molecule has 0 aliphatic rings. The van der Waals surface area contributed by atoms with Crippen LogP contribution in [0.2, 0.25) is 0 Å². The maximum absolute atomic E-state index is 12.6. The SMILES string of the molecule is Cc1ccc(C)c(OCCNC(=O)[C@H](C)N(c2ccc(C)c(C)c2)S(C)(=O)=O)c1. The molecule has 1 N–H and O–H groups in total. The normalized spacial score (nSPS) is 12.3. The number of benzene rings is 2. The Balaban J connectivity index is 2.03. The van der Waals surface area contributed by atoms with Crippen LogP contribution in [0.15, 0.2) is 36.4 Å². The van der Waals surface area contributed by atoms with Crippen molar-refractivity contribution in [1.29, 1.82) is 0 Å². The Labute approximate surface area is 173 Å². The lowest BCUT2D eigenvalue weighted by atomic mass is 10.1. The highest BCUT2D eigenvalue weighted by atomic mass is 32.2. The van der Waals surface area contributed by atoms with Crippen molar-refractivity contribution in [2.45, 2.75) is 40.7 Å². The van der Waals surface area contributed by atoms with Crippen LogP contribution in [-0.2, 0) is 14.8 Å². The lowest BCUT2D eigenvalue weighted by Gasteiger charge is -2.28. The van der Waals surface area contributed by atoms with Crippen LogP contribution < -0.4 is 14.4 Å². The third-order valence-electron chi connectivity index (χ3n) is 4.84. The number of anilines is 1. The number of amides is 1. The molecule has 29 heavy (non-hydrogen) atoms. The number of carbonyl (C=O) groups is 1. The number of hydrogen-bond donors (Lipinski definition) is 1. The highest BCUT2D eigenvalue weighted by Gasteiger charge is 2.29. The quantitative estimate of drug-likeness (QED) is 0.668. The fraction of sp³-hybridized carbons (Fsp3) is 0.409. The fourth-order valence-electron chi connectivity index (χ4n) is 3.02. The number of hydrogen-bond acceptors (Lipinski definition) is 4. The molecule has 1 atom stereocenters. The molecule has 2 aromatic carbocycles. The van der Waals surface area contributed by atoms with Crippen LogP contribution in [0.25, 0.3) is 0 Å². The van der Waals surface area contributed by atoms with Crippen molar-refractivity contribution < 1.29 is 17.9 Å². The van der Waals surface area contributed by atoms with Crippen molar-refractivity contribution in [2.75, 3.05) is 23.7 Å². The average Bonchev–Trinajstić information content (AvgIpc) is 2.63. The van der Waals surface area contributed by atoms with Gasteiger partial charge in [-0.05, 0) is 75.1 Å². The summed E-state index contributed by atoms with van der Waals surface area (Å²) in [4.78, 5) is 12.6. The molecule has 2 aromatic rings. The number of sulfonamides is 1. The topological polar surface area (TPSA) is 75.7 Å². The Kier molecular flexibility index (Phi) is 7.30. The van der Waals surface area contributed by atoms with E-state index in [9.17, 15) is 13.2 Å². The van der Waals surface area contributed by atoms with Crippen LogP contribution in [0, 0.1) is 27.7 Å². The fourth-order valence-corrected chi connectivity index (χ4v) is 4.18. The molecule has 7 heteroatoms. The highest BCUT2D eigenvalue weighted by Crippen LogP contribution is 2.24. The van der Waals surface area contributed by atoms with Crippen LogP contribution in [0.3, 0.4) is 0 Å². The lowest BCUT2D eigenvalue weighted by molar-refractivity contribution is -0.121. The molecule has 6 nitrogen and oxygen atoms in total. The van der Waals surface area contributed by atoms with Gasteiger partial charge in [0.25, 0.3) is 0 Å². The summed E-state index contributed by atoms with van der Waals surface area (Å²) in [5.74, 6) is 0.401. The van der Waals surface area contributed by atoms with Crippen LogP contribution in [-0.4, -0.2) is 39.8 Å². The van der Waals surface area contributed by atoms with Gasteiger partial charge in [0.1, 0.15) is 18.4 Å². The summed E-state index contributed by atoms with van der Waals surface area (Å²) in [5, 5.41) is 2.77. The summed E-state index contributed by atoms with van der Waals surface area (Å²) in [6, 6.07) is 10.4. The predicted molar refractivity (Wildman–Crippen MR) is 117 cm³/mol. The summed E-state index contributed by atoms with van der Waals surface area (Å²) >= 11 is 0. The molecule has 0 heterocycles. The van der Waals surface area contributed by atoms with Crippen LogP contribution in [0.4, 0.5) is 5.69 Å². The summed E-state index contributed by atoms with van der Waals surface area (Å²) < 4.78 is 31.7. The largest absolute Gasteiger partial charge is 0.491 e. The van der Waals surface area contributed by atoms with E-state index in [1.165, 1.54) is 0 Å². The van der Waals surface area contributed by atoms with Gasteiger partial charge in [-0.1, -0.05) is 18.2 Å². The monoisotopic (exact) mass is 418 g/mol. The number of ether oxygens (including phenoxy) is 1. The Morgan fingerprint density at radius 1 is 1.03 bits per heavy atom. The smallest absolute Gasteiger partial charge is 0.243 e. The van der Waals surface area contributed by atoms with E-state index >= 15 is 0 Å². The first-order chi connectivity index (χ1) is 13.5. The zero-order valence-corrected chi connectivity index (χ0v) is 18.8. The number of aryl methyl sites for hydroxylation is 4. The molecule has 0 aromatic heterocycles. The van der Waals surface area contributed by atoms with E-state index in [4.69, 9.17) is 4.74 Å². The molecule has 0 aliphatic carbocycles. The molecule has 0 bridgehead atoms. The minimum atomic E-state index is -3.63. The average molecular weight is 419 g/mol. The van der Waals surface area contributed by atoms with E-state index in [1.54, 1.807) is 19.1 Å². The van der Waals surface area contributed by atoms with Gasteiger partial charge in [-0.25, -0.2) is 8.42 Å².